The first-order valence-electron chi connectivity index (χ1n) is 10.2. The van der Waals surface area contributed by atoms with Crippen LogP contribution in [-0.2, 0) is 16.0 Å². The molecule has 32 heavy (non-hydrogen) atoms. The number of benzene rings is 2. The molecule has 3 aromatic rings. The lowest BCUT2D eigenvalue weighted by atomic mass is 10.1. The van der Waals surface area contributed by atoms with E-state index in [4.69, 9.17) is 9.47 Å². The molecule has 1 aliphatic rings. The molecule has 0 spiro atoms. The molecular weight excluding hydrogens is 428 g/mol. The monoisotopic (exact) mass is 452 g/mol. The van der Waals surface area contributed by atoms with Crippen molar-refractivity contribution in [3.63, 3.8) is 0 Å². The summed E-state index contributed by atoms with van der Waals surface area (Å²) >= 11 is 1.31. The molecule has 9 heteroatoms. The Kier molecular flexibility index (Phi) is 6.36. The molecule has 2 amide bonds. The summed E-state index contributed by atoms with van der Waals surface area (Å²) < 4.78 is 10.5. The van der Waals surface area contributed by atoms with Gasteiger partial charge in [-0.2, -0.15) is 0 Å². The second-order valence-electron chi connectivity index (χ2n) is 7.60. The summed E-state index contributed by atoms with van der Waals surface area (Å²) in [6, 6.07) is 13.2. The normalized spacial score (nSPS) is 15.7. The van der Waals surface area contributed by atoms with Gasteiger partial charge in [0.1, 0.15) is 5.01 Å². The van der Waals surface area contributed by atoms with Crippen molar-refractivity contribution in [2.24, 2.45) is 0 Å². The van der Waals surface area contributed by atoms with Gasteiger partial charge in [0, 0.05) is 24.6 Å². The SMILES string of the molecule is COc1ccc(CC(=O)Nc2nnc(C3CC(=O)N(c4cccc(C)c4)C3)s2)cc1OC. The summed E-state index contributed by atoms with van der Waals surface area (Å²) in [6.07, 6.45) is 0.542. The van der Waals surface area contributed by atoms with Crippen LogP contribution >= 0.6 is 11.3 Å². The maximum atomic E-state index is 12.5. The van der Waals surface area contributed by atoms with E-state index >= 15 is 0 Å². The molecule has 2 aromatic carbocycles. The number of nitrogens with zero attached hydrogens (tertiary/aromatic N) is 3. The van der Waals surface area contributed by atoms with E-state index in [9.17, 15) is 9.59 Å². The van der Waals surface area contributed by atoms with Crippen LogP contribution in [0.3, 0.4) is 0 Å². The third-order valence-electron chi connectivity index (χ3n) is 5.29. The number of carbonyl (C=O) groups excluding carboxylic acids is 2. The minimum Gasteiger partial charge on any atom is -0.493 e. The molecule has 0 saturated carbocycles. The van der Waals surface area contributed by atoms with Crippen LogP contribution in [0, 0.1) is 6.92 Å². The standard InChI is InChI=1S/C23H24N4O4S/c1-14-5-4-6-17(9-14)27-13-16(12-21(27)29)22-25-26-23(32-22)24-20(28)11-15-7-8-18(30-2)19(10-15)31-3/h4-10,16H,11-13H2,1-3H3,(H,24,26,28). The first kappa shape index (κ1) is 21.8. The van der Waals surface area contributed by atoms with Gasteiger partial charge in [0.25, 0.3) is 0 Å². The summed E-state index contributed by atoms with van der Waals surface area (Å²) in [5.41, 5.74) is 2.79. The van der Waals surface area contributed by atoms with Crippen LogP contribution in [0.25, 0.3) is 0 Å². The minimum atomic E-state index is -0.205. The molecule has 2 heterocycles. The molecule has 4 rings (SSSR count). The van der Waals surface area contributed by atoms with Crippen molar-refractivity contribution in [2.75, 3.05) is 31.0 Å². The van der Waals surface area contributed by atoms with E-state index < -0.39 is 0 Å². The van der Waals surface area contributed by atoms with Crippen LogP contribution < -0.4 is 19.7 Å². The van der Waals surface area contributed by atoms with Crippen LogP contribution in [0.2, 0.25) is 0 Å². The Morgan fingerprint density at radius 2 is 1.97 bits per heavy atom. The van der Waals surface area contributed by atoms with Crippen molar-refractivity contribution < 1.29 is 19.1 Å². The molecule has 1 aromatic heterocycles. The Morgan fingerprint density at radius 3 is 2.72 bits per heavy atom. The molecule has 1 saturated heterocycles. The van der Waals surface area contributed by atoms with E-state index in [1.54, 1.807) is 31.3 Å². The Morgan fingerprint density at radius 1 is 1.16 bits per heavy atom. The molecule has 1 N–H and O–H groups in total. The van der Waals surface area contributed by atoms with Gasteiger partial charge >= 0.3 is 0 Å². The van der Waals surface area contributed by atoms with Gasteiger partial charge in [-0.25, -0.2) is 0 Å². The maximum absolute atomic E-state index is 12.5. The van der Waals surface area contributed by atoms with Gasteiger partial charge in [0.2, 0.25) is 16.9 Å². The largest absolute Gasteiger partial charge is 0.493 e. The number of ether oxygens (including phenoxy) is 2. The van der Waals surface area contributed by atoms with Crippen LogP contribution in [0.4, 0.5) is 10.8 Å². The Hall–Kier alpha value is -3.46. The zero-order valence-corrected chi connectivity index (χ0v) is 18.9. The summed E-state index contributed by atoms with van der Waals surface area (Å²) in [5.74, 6) is 0.993. The molecule has 8 nitrogen and oxygen atoms in total. The zero-order valence-electron chi connectivity index (χ0n) is 18.1. The number of aryl methyl sites for hydroxylation is 1. The Balaban J connectivity index is 1.39. The molecule has 1 aliphatic heterocycles. The third kappa shape index (κ3) is 4.72. The number of aromatic nitrogens is 2. The predicted molar refractivity (Wildman–Crippen MR) is 123 cm³/mol. The van der Waals surface area contributed by atoms with E-state index in [1.807, 2.05) is 37.3 Å². The maximum Gasteiger partial charge on any atom is 0.230 e. The number of methoxy groups -OCH3 is 2. The highest BCUT2D eigenvalue weighted by Gasteiger charge is 2.34. The number of rotatable bonds is 7. The van der Waals surface area contributed by atoms with Gasteiger partial charge in [0.05, 0.1) is 20.6 Å². The number of nitrogens with one attached hydrogen (secondary N) is 1. The molecule has 166 valence electrons. The van der Waals surface area contributed by atoms with Crippen LogP contribution in [0.5, 0.6) is 11.5 Å². The fourth-order valence-corrected chi connectivity index (χ4v) is 4.56. The lowest BCUT2D eigenvalue weighted by Crippen LogP contribution is -2.24. The quantitative estimate of drug-likeness (QED) is 0.589. The topological polar surface area (TPSA) is 93.7 Å². The lowest BCUT2D eigenvalue weighted by molar-refractivity contribution is -0.117. The second-order valence-corrected chi connectivity index (χ2v) is 8.61. The van der Waals surface area contributed by atoms with Crippen molar-refractivity contribution in [1.82, 2.24) is 10.2 Å². The van der Waals surface area contributed by atoms with E-state index in [2.05, 4.69) is 15.5 Å². The van der Waals surface area contributed by atoms with Gasteiger partial charge in [-0.1, -0.05) is 29.5 Å². The van der Waals surface area contributed by atoms with Gasteiger partial charge in [0.15, 0.2) is 11.5 Å². The summed E-state index contributed by atoms with van der Waals surface area (Å²) in [5, 5.41) is 12.3. The van der Waals surface area contributed by atoms with E-state index in [1.165, 1.54) is 11.3 Å². The number of carbonyl (C=O) groups is 2. The van der Waals surface area contributed by atoms with E-state index in [-0.39, 0.29) is 24.2 Å². The van der Waals surface area contributed by atoms with Gasteiger partial charge in [-0.05, 0) is 42.3 Å². The molecule has 0 bridgehead atoms. The molecular formula is C23H24N4O4S. The minimum absolute atomic E-state index is 0.0444. The Labute approximate surface area is 190 Å². The van der Waals surface area contributed by atoms with Crippen molar-refractivity contribution in [3.8, 4) is 11.5 Å². The molecule has 1 unspecified atom stereocenters. The van der Waals surface area contributed by atoms with Crippen molar-refractivity contribution >= 4 is 34.0 Å². The number of hydrogen-bond donors (Lipinski definition) is 1. The van der Waals surface area contributed by atoms with Crippen LogP contribution in [0.1, 0.15) is 28.5 Å². The van der Waals surface area contributed by atoms with Gasteiger partial charge in [-0.15, -0.1) is 10.2 Å². The predicted octanol–water partition coefficient (Wildman–Crippen LogP) is 3.57. The van der Waals surface area contributed by atoms with E-state index in [0.29, 0.717) is 29.6 Å². The van der Waals surface area contributed by atoms with Crippen LogP contribution in [-0.4, -0.2) is 42.8 Å². The van der Waals surface area contributed by atoms with Crippen molar-refractivity contribution in [3.05, 3.63) is 58.6 Å². The highest BCUT2D eigenvalue weighted by molar-refractivity contribution is 7.15. The first-order valence-corrected chi connectivity index (χ1v) is 11.0. The van der Waals surface area contributed by atoms with Crippen molar-refractivity contribution in [2.45, 2.75) is 25.7 Å². The van der Waals surface area contributed by atoms with Gasteiger partial charge in [-0.3, -0.25) is 9.59 Å². The molecule has 0 aliphatic carbocycles. The lowest BCUT2D eigenvalue weighted by Gasteiger charge is -2.16. The molecule has 1 atom stereocenters. The van der Waals surface area contributed by atoms with Crippen LogP contribution in [0.15, 0.2) is 42.5 Å². The number of anilines is 2. The summed E-state index contributed by atoms with van der Waals surface area (Å²) in [4.78, 5) is 26.8. The average molecular weight is 453 g/mol. The third-order valence-corrected chi connectivity index (χ3v) is 6.29. The Bertz CT molecular complexity index is 1150. The second kappa shape index (κ2) is 9.35. The average Bonchev–Trinajstić information content (AvgIpc) is 3.40. The molecule has 0 radical (unpaired) electrons. The number of hydrogen-bond acceptors (Lipinski definition) is 7. The highest BCUT2D eigenvalue weighted by Crippen LogP contribution is 2.34. The first-order chi connectivity index (χ1) is 15.5. The molecule has 1 fully saturated rings. The van der Waals surface area contributed by atoms with E-state index in [0.717, 1.165) is 21.8 Å². The summed E-state index contributed by atoms with van der Waals surface area (Å²) in [6.45, 7) is 2.56. The fraction of sp³-hybridized carbons (Fsp3) is 0.304. The smallest absolute Gasteiger partial charge is 0.230 e. The number of amides is 2. The summed E-state index contributed by atoms with van der Waals surface area (Å²) in [7, 11) is 3.12. The highest BCUT2D eigenvalue weighted by atomic mass is 32.1. The van der Waals surface area contributed by atoms with Crippen molar-refractivity contribution in [1.29, 1.82) is 0 Å². The van der Waals surface area contributed by atoms with Gasteiger partial charge < -0.3 is 19.7 Å². The fourth-order valence-electron chi connectivity index (χ4n) is 3.71. The zero-order chi connectivity index (χ0) is 22.7.